The summed E-state index contributed by atoms with van der Waals surface area (Å²) in [7, 11) is 0. The Morgan fingerprint density at radius 2 is 1.91 bits per heavy atom. The first-order valence-corrected chi connectivity index (χ1v) is 11.1. The maximum Gasteiger partial charge on any atom is 0.314 e. The predicted molar refractivity (Wildman–Crippen MR) is 133 cm³/mol. The number of nitrogens with zero attached hydrogens (tertiary/aromatic N) is 3. The van der Waals surface area contributed by atoms with Crippen LogP contribution in [0.3, 0.4) is 0 Å². The van der Waals surface area contributed by atoms with Crippen molar-refractivity contribution in [2.24, 2.45) is 0 Å². The number of rotatable bonds is 4. The lowest BCUT2D eigenvalue weighted by molar-refractivity contribution is -0.136. The van der Waals surface area contributed by atoms with Gasteiger partial charge in [0.2, 0.25) is 0 Å². The van der Waals surface area contributed by atoms with Gasteiger partial charge in [0.15, 0.2) is 0 Å². The SMILES string of the molecule is Cc1ccncc1-c1cc(N)c2cnc(NC(=O)C(=O)NC3(c4cccc(C#N)c4)CC3)cc2c1. The molecule has 0 unspecified atom stereocenters. The van der Waals surface area contributed by atoms with Crippen molar-refractivity contribution >= 4 is 34.1 Å². The van der Waals surface area contributed by atoms with Crippen molar-refractivity contribution in [2.75, 3.05) is 11.1 Å². The number of carbonyl (C=O) groups is 2. The first-order valence-electron chi connectivity index (χ1n) is 11.1. The number of anilines is 2. The van der Waals surface area contributed by atoms with Gasteiger partial charge in [-0.1, -0.05) is 12.1 Å². The smallest absolute Gasteiger partial charge is 0.314 e. The van der Waals surface area contributed by atoms with Gasteiger partial charge in [-0.05, 0) is 78.2 Å². The van der Waals surface area contributed by atoms with E-state index in [1.807, 2.05) is 31.2 Å². The first-order chi connectivity index (χ1) is 16.9. The number of aromatic nitrogens is 2. The van der Waals surface area contributed by atoms with Crippen LogP contribution in [0.5, 0.6) is 0 Å². The number of nitriles is 1. The number of nitrogen functional groups attached to an aromatic ring is 1. The molecule has 1 fully saturated rings. The van der Waals surface area contributed by atoms with Crippen LogP contribution in [0.15, 0.2) is 67.1 Å². The lowest BCUT2D eigenvalue weighted by atomic mass is 9.99. The minimum atomic E-state index is -0.813. The van der Waals surface area contributed by atoms with Crippen molar-refractivity contribution in [3.05, 3.63) is 83.8 Å². The second-order valence-corrected chi connectivity index (χ2v) is 8.73. The largest absolute Gasteiger partial charge is 0.398 e. The lowest BCUT2D eigenvalue weighted by Crippen LogP contribution is -2.42. The highest BCUT2D eigenvalue weighted by Gasteiger charge is 2.46. The zero-order chi connectivity index (χ0) is 24.6. The molecular weight excluding hydrogens is 440 g/mol. The molecule has 2 amide bonds. The van der Waals surface area contributed by atoms with Crippen molar-refractivity contribution in [3.63, 3.8) is 0 Å². The molecule has 1 aliphatic carbocycles. The van der Waals surface area contributed by atoms with Crippen LogP contribution >= 0.6 is 0 Å². The van der Waals surface area contributed by atoms with E-state index in [0.29, 0.717) is 24.1 Å². The molecule has 4 aromatic rings. The predicted octanol–water partition coefficient (Wildman–Crippen LogP) is 3.80. The van der Waals surface area contributed by atoms with Gasteiger partial charge in [-0.25, -0.2) is 4.98 Å². The summed E-state index contributed by atoms with van der Waals surface area (Å²) in [6, 6.07) is 16.6. The zero-order valence-corrected chi connectivity index (χ0v) is 19.0. The van der Waals surface area contributed by atoms with Gasteiger partial charge in [0.1, 0.15) is 5.82 Å². The van der Waals surface area contributed by atoms with Gasteiger partial charge in [-0.2, -0.15) is 5.26 Å². The molecular formula is C27H22N6O2. The maximum absolute atomic E-state index is 12.7. The average molecular weight is 463 g/mol. The number of nitrogens with one attached hydrogen (secondary N) is 2. The summed E-state index contributed by atoms with van der Waals surface area (Å²) in [6.45, 7) is 2.00. The van der Waals surface area contributed by atoms with Crippen molar-refractivity contribution in [1.29, 1.82) is 5.26 Å². The van der Waals surface area contributed by atoms with Gasteiger partial charge >= 0.3 is 11.8 Å². The fourth-order valence-electron chi connectivity index (χ4n) is 4.22. The summed E-state index contributed by atoms with van der Waals surface area (Å²) in [6.07, 6.45) is 6.49. The van der Waals surface area contributed by atoms with Crippen LogP contribution in [-0.2, 0) is 15.1 Å². The summed E-state index contributed by atoms with van der Waals surface area (Å²) >= 11 is 0. The molecule has 5 rings (SSSR count). The third-order valence-corrected chi connectivity index (χ3v) is 6.31. The fraction of sp³-hybridized carbons (Fsp3) is 0.148. The summed E-state index contributed by atoms with van der Waals surface area (Å²) in [5.41, 5.74) is 10.4. The van der Waals surface area contributed by atoms with E-state index in [2.05, 4.69) is 26.7 Å². The summed E-state index contributed by atoms with van der Waals surface area (Å²) < 4.78 is 0. The first kappa shape index (κ1) is 22.0. The van der Waals surface area contributed by atoms with Crippen LogP contribution in [0.1, 0.15) is 29.5 Å². The number of pyridine rings is 2. The van der Waals surface area contributed by atoms with Crippen molar-refractivity contribution in [3.8, 4) is 17.2 Å². The Bertz CT molecular complexity index is 1530. The van der Waals surface area contributed by atoms with E-state index in [0.717, 1.165) is 33.0 Å². The van der Waals surface area contributed by atoms with Crippen molar-refractivity contribution < 1.29 is 9.59 Å². The number of fused-ring (bicyclic) bond motifs is 1. The number of benzene rings is 2. The molecule has 0 atom stereocenters. The Hall–Kier alpha value is -4.77. The van der Waals surface area contributed by atoms with Crippen molar-refractivity contribution in [2.45, 2.75) is 25.3 Å². The third-order valence-electron chi connectivity index (χ3n) is 6.31. The highest BCUT2D eigenvalue weighted by Crippen LogP contribution is 2.45. The zero-order valence-electron chi connectivity index (χ0n) is 19.0. The van der Waals surface area contributed by atoms with E-state index < -0.39 is 17.4 Å². The van der Waals surface area contributed by atoms with Crippen LogP contribution in [0.2, 0.25) is 0 Å². The Morgan fingerprint density at radius 3 is 2.66 bits per heavy atom. The number of carbonyl (C=O) groups excluding carboxylic acids is 2. The standard InChI is InChI=1S/C27H22N6O2/c1-16-5-8-30-14-21(16)18-10-19-12-24(31-15-22(19)23(29)11-18)32-25(34)26(35)33-27(6-7-27)20-4-2-3-17(9-20)13-28/h2-5,8-12,14-15H,6-7,29H2,1H3,(H,33,35)(H,31,32,34). The Kier molecular flexibility index (Phi) is 5.38. The van der Waals surface area contributed by atoms with Gasteiger partial charge in [-0.15, -0.1) is 0 Å². The normalized spacial score (nSPS) is 13.6. The molecule has 2 aromatic heterocycles. The lowest BCUT2D eigenvalue weighted by Gasteiger charge is -2.18. The van der Waals surface area contributed by atoms with Crippen LogP contribution < -0.4 is 16.4 Å². The summed E-state index contributed by atoms with van der Waals surface area (Å²) in [5.74, 6) is -1.33. The van der Waals surface area contributed by atoms with Gasteiger partial charge in [0.05, 0.1) is 17.2 Å². The Labute approximate surface area is 201 Å². The number of nitrogens with two attached hydrogens (primary N) is 1. The summed E-state index contributed by atoms with van der Waals surface area (Å²) in [5, 5.41) is 16.1. The second-order valence-electron chi connectivity index (χ2n) is 8.73. The molecule has 0 aliphatic heterocycles. The molecule has 1 aliphatic rings. The molecule has 172 valence electrons. The molecule has 8 nitrogen and oxygen atoms in total. The van der Waals surface area contributed by atoms with Gasteiger partial charge in [0, 0.05) is 35.2 Å². The fourth-order valence-corrected chi connectivity index (χ4v) is 4.22. The molecule has 0 bridgehead atoms. The Morgan fingerprint density at radius 1 is 1.09 bits per heavy atom. The summed E-state index contributed by atoms with van der Waals surface area (Å²) in [4.78, 5) is 33.8. The van der Waals surface area contributed by atoms with E-state index in [1.54, 1.807) is 42.9 Å². The number of aryl methyl sites for hydroxylation is 1. The molecule has 0 saturated heterocycles. The molecule has 8 heteroatoms. The van der Waals surface area contributed by atoms with E-state index >= 15 is 0 Å². The highest BCUT2D eigenvalue weighted by atomic mass is 16.2. The van der Waals surface area contributed by atoms with E-state index in [4.69, 9.17) is 11.0 Å². The van der Waals surface area contributed by atoms with E-state index in [9.17, 15) is 9.59 Å². The van der Waals surface area contributed by atoms with Crippen LogP contribution in [0.25, 0.3) is 21.9 Å². The highest BCUT2D eigenvalue weighted by molar-refractivity contribution is 6.39. The molecule has 0 spiro atoms. The minimum Gasteiger partial charge on any atom is -0.398 e. The Balaban J connectivity index is 1.36. The molecule has 35 heavy (non-hydrogen) atoms. The molecule has 4 N–H and O–H groups in total. The number of amides is 2. The van der Waals surface area contributed by atoms with Gasteiger partial charge in [0.25, 0.3) is 0 Å². The monoisotopic (exact) mass is 462 g/mol. The molecule has 2 aromatic carbocycles. The molecule has 2 heterocycles. The molecule has 0 radical (unpaired) electrons. The quantitative estimate of drug-likeness (QED) is 0.312. The maximum atomic E-state index is 12.7. The van der Waals surface area contributed by atoms with Crippen molar-refractivity contribution in [1.82, 2.24) is 15.3 Å². The van der Waals surface area contributed by atoms with E-state index in [-0.39, 0.29) is 5.82 Å². The van der Waals surface area contributed by atoms with Crippen LogP contribution in [0.4, 0.5) is 11.5 Å². The van der Waals surface area contributed by atoms with E-state index in [1.165, 1.54) is 0 Å². The number of hydrogen-bond acceptors (Lipinski definition) is 6. The second kappa shape index (κ2) is 8.54. The molecule has 1 saturated carbocycles. The number of hydrogen-bond donors (Lipinski definition) is 3. The van der Waals surface area contributed by atoms with Gasteiger partial charge in [-0.3, -0.25) is 14.6 Å². The van der Waals surface area contributed by atoms with Crippen LogP contribution in [-0.4, -0.2) is 21.8 Å². The third kappa shape index (κ3) is 4.27. The van der Waals surface area contributed by atoms with Crippen LogP contribution in [0, 0.1) is 18.3 Å². The minimum absolute atomic E-state index is 0.244. The average Bonchev–Trinajstić information content (AvgIpc) is 3.64. The topological polar surface area (TPSA) is 134 Å². The van der Waals surface area contributed by atoms with Gasteiger partial charge < -0.3 is 16.4 Å².